The van der Waals surface area contributed by atoms with E-state index in [0.717, 1.165) is 77.4 Å². The third-order valence-corrected chi connectivity index (χ3v) is 10.5. The van der Waals surface area contributed by atoms with Crippen molar-refractivity contribution in [1.82, 2.24) is 24.5 Å². The quantitative estimate of drug-likeness (QED) is 0.171. The van der Waals surface area contributed by atoms with E-state index in [1.165, 1.54) is 5.39 Å². The Morgan fingerprint density at radius 3 is 1.70 bits per heavy atom. The minimum absolute atomic E-state index is 0.612. The van der Waals surface area contributed by atoms with Crippen LogP contribution >= 0.6 is 0 Å². The van der Waals surface area contributed by atoms with Gasteiger partial charge in [0.25, 0.3) is 0 Å². The molecule has 8 aromatic carbocycles. The summed E-state index contributed by atoms with van der Waals surface area (Å²) in [4.78, 5) is 19.6. The van der Waals surface area contributed by atoms with E-state index in [9.17, 15) is 0 Å². The molecule has 0 fully saturated rings. The van der Waals surface area contributed by atoms with Gasteiger partial charge in [0.2, 0.25) is 5.89 Å². The second-order valence-electron chi connectivity index (χ2n) is 13.9. The molecule has 0 radical (unpaired) electrons. The fraction of sp³-hybridized carbons (Fsp3) is 0. The predicted molar refractivity (Wildman–Crippen MR) is 226 cm³/mol. The summed E-state index contributed by atoms with van der Waals surface area (Å²) in [6.07, 6.45) is 0. The number of hydrogen-bond donors (Lipinski definition) is 0. The van der Waals surface area contributed by atoms with Crippen molar-refractivity contribution in [2.45, 2.75) is 0 Å². The minimum Gasteiger partial charge on any atom is -0.436 e. The Hall–Kier alpha value is -7.70. The van der Waals surface area contributed by atoms with Crippen LogP contribution in [0.3, 0.4) is 0 Å². The molecule has 6 nitrogen and oxygen atoms in total. The molecule has 0 spiro atoms. The van der Waals surface area contributed by atoms with Crippen LogP contribution in [0.25, 0.3) is 106 Å². The van der Waals surface area contributed by atoms with Crippen LogP contribution in [0.5, 0.6) is 0 Å². The van der Waals surface area contributed by atoms with E-state index in [0.29, 0.717) is 23.4 Å². The molecule has 3 aromatic heterocycles. The second-order valence-corrected chi connectivity index (χ2v) is 13.9. The first kappa shape index (κ1) is 31.8. The van der Waals surface area contributed by atoms with Gasteiger partial charge in [-0.15, -0.1) is 0 Å². The van der Waals surface area contributed by atoms with E-state index in [4.69, 9.17) is 24.4 Å². The van der Waals surface area contributed by atoms with Gasteiger partial charge in [-0.2, -0.15) is 0 Å². The van der Waals surface area contributed by atoms with Crippen LogP contribution in [-0.2, 0) is 0 Å². The van der Waals surface area contributed by atoms with Crippen molar-refractivity contribution in [3.8, 4) is 62.4 Å². The van der Waals surface area contributed by atoms with Gasteiger partial charge in [-0.3, -0.25) is 0 Å². The summed E-state index contributed by atoms with van der Waals surface area (Å²) in [6.45, 7) is 0. The molecular weight excluding hydrogens is 687 g/mol. The molecule has 6 heteroatoms. The SMILES string of the molecule is c1ccc(-c2nc(-c3ccccc3)nc(-c3ccc(-c4ccc5cc(-n6c7ccccc7c7cccc(-c8nc9ccccc9o8)c76)ccc5c4)cc3)n2)cc1. The van der Waals surface area contributed by atoms with Crippen molar-refractivity contribution in [2.75, 3.05) is 0 Å². The highest BCUT2D eigenvalue weighted by atomic mass is 16.3. The van der Waals surface area contributed by atoms with E-state index >= 15 is 0 Å². The summed E-state index contributed by atoms with van der Waals surface area (Å²) in [6, 6.07) is 64.8. The summed E-state index contributed by atoms with van der Waals surface area (Å²) >= 11 is 0. The lowest BCUT2D eigenvalue weighted by Gasteiger charge is -2.12. The Balaban J connectivity index is 0.967. The molecular formula is C50H31N5O. The first-order valence-electron chi connectivity index (χ1n) is 18.6. The van der Waals surface area contributed by atoms with Crippen LogP contribution in [0, 0.1) is 0 Å². The topological polar surface area (TPSA) is 69.6 Å². The van der Waals surface area contributed by atoms with Gasteiger partial charge in [0.15, 0.2) is 23.1 Å². The van der Waals surface area contributed by atoms with Crippen molar-refractivity contribution in [2.24, 2.45) is 0 Å². The molecule has 56 heavy (non-hydrogen) atoms. The molecule has 262 valence electrons. The van der Waals surface area contributed by atoms with E-state index < -0.39 is 0 Å². The summed E-state index contributed by atoms with van der Waals surface area (Å²) < 4.78 is 8.66. The Labute approximate surface area is 322 Å². The molecule has 11 rings (SSSR count). The van der Waals surface area contributed by atoms with Gasteiger partial charge < -0.3 is 8.98 Å². The number of aromatic nitrogens is 5. The monoisotopic (exact) mass is 717 g/mol. The largest absolute Gasteiger partial charge is 0.436 e. The maximum Gasteiger partial charge on any atom is 0.229 e. The summed E-state index contributed by atoms with van der Waals surface area (Å²) in [5.41, 5.74) is 10.9. The zero-order valence-corrected chi connectivity index (χ0v) is 30.0. The van der Waals surface area contributed by atoms with E-state index in [-0.39, 0.29) is 0 Å². The number of para-hydroxylation sites is 4. The Kier molecular flexibility index (Phi) is 7.38. The molecule has 0 amide bonds. The molecule has 0 aliphatic carbocycles. The van der Waals surface area contributed by atoms with Crippen LogP contribution in [0.2, 0.25) is 0 Å². The first-order valence-corrected chi connectivity index (χ1v) is 18.6. The summed E-state index contributed by atoms with van der Waals surface area (Å²) in [7, 11) is 0. The van der Waals surface area contributed by atoms with Crippen LogP contribution in [0.15, 0.2) is 192 Å². The van der Waals surface area contributed by atoms with Crippen molar-refractivity contribution >= 4 is 43.7 Å². The first-order chi connectivity index (χ1) is 27.7. The fourth-order valence-electron chi connectivity index (χ4n) is 7.75. The van der Waals surface area contributed by atoms with Gasteiger partial charge in [-0.1, -0.05) is 146 Å². The van der Waals surface area contributed by atoms with Crippen LogP contribution in [-0.4, -0.2) is 24.5 Å². The number of nitrogens with zero attached hydrogens (tertiary/aromatic N) is 5. The van der Waals surface area contributed by atoms with Crippen molar-refractivity contribution in [3.05, 3.63) is 188 Å². The van der Waals surface area contributed by atoms with Gasteiger partial charge in [-0.25, -0.2) is 19.9 Å². The van der Waals surface area contributed by atoms with Gasteiger partial charge in [0.05, 0.1) is 16.6 Å². The fourth-order valence-corrected chi connectivity index (χ4v) is 7.75. The van der Waals surface area contributed by atoms with Crippen molar-refractivity contribution in [1.29, 1.82) is 0 Å². The number of oxazole rings is 1. The van der Waals surface area contributed by atoms with E-state index in [1.807, 2.05) is 84.9 Å². The normalized spacial score (nSPS) is 11.6. The van der Waals surface area contributed by atoms with Gasteiger partial charge in [0, 0.05) is 33.2 Å². The number of fused-ring (bicyclic) bond motifs is 5. The molecule has 0 aliphatic rings. The Morgan fingerprint density at radius 2 is 0.964 bits per heavy atom. The third kappa shape index (κ3) is 5.43. The maximum absolute atomic E-state index is 6.32. The van der Waals surface area contributed by atoms with Crippen molar-refractivity contribution in [3.63, 3.8) is 0 Å². The minimum atomic E-state index is 0.612. The molecule has 11 aromatic rings. The zero-order valence-electron chi connectivity index (χ0n) is 30.0. The summed E-state index contributed by atoms with van der Waals surface area (Å²) in [5.74, 6) is 2.55. The standard InChI is InChI=1S/C50H31N5O/c1-3-12-33(13-4-1)47-52-48(34-14-5-2-6-15-34)54-49(53-47)35-24-22-32(23-25-35)36-26-27-38-31-39(29-28-37(38)30-36)55-44-20-9-7-16-40(44)41-17-11-18-42(46(41)55)50-51-43-19-8-10-21-45(43)56-50/h1-31H. The van der Waals surface area contributed by atoms with Gasteiger partial charge in [-0.05, 0) is 64.4 Å². The van der Waals surface area contributed by atoms with E-state index in [2.05, 4.69) is 108 Å². The molecule has 0 bridgehead atoms. The highest BCUT2D eigenvalue weighted by Crippen LogP contribution is 2.39. The molecule has 0 aliphatic heterocycles. The second kappa shape index (κ2) is 13.0. The van der Waals surface area contributed by atoms with Crippen LogP contribution in [0.1, 0.15) is 0 Å². The smallest absolute Gasteiger partial charge is 0.229 e. The average Bonchev–Trinajstić information content (AvgIpc) is 3.86. The number of rotatable bonds is 6. The molecule has 0 N–H and O–H groups in total. The lowest BCUT2D eigenvalue weighted by atomic mass is 9.99. The van der Waals surface area contributed by atoms with Crippen LogP contribution in [0.4, 0.5) is 0 Å². The van der Waals surface area contributed by atoms with Gasteiger partial charge in [0.1, 0.15) is 5.52 Å². The number of hydrogen-bond acceptors (Lipinski definition) is 5. The lowest BCUT2D eigenvalue weighted by Crippen LogP contribution is -2.00. The average molecular weight is 718 g/mol. The number of benzene rings is 8. The van der Waals surface area contributed by atoms with Crippen LogP contribution < -0.4 is 0 Å². The molecule has 0 atom stereocenters. The molecule has 0 unspecified atom stereocenters. The van der Waals surface area contributed by atoms with Gasteiger partial charge >= 0.3 is 0 Å². The molecule has 0 saturated heterocycles. The van der Waals surface area contributed by atoms with E-state index in [1.54, 1.807) is 0 Å². The zero-order chi connectivity index (χ0) is 37.0. The predicted octanol–water partition coefficient (Wildman–Crippen LogP) is 12.6. The lowest BCUT2D eigenvalue weighted by molar-refractivity contribution is 0.620. The molecule has 3 heterocycles. The Morgan fingerprint density at radius 1 is 0.393 bits per heavy atom. The highest BCUT2D eigenvalue weighted by Gasteiger charge is 2.20. The maximum atomic E-state index is 6.32. The summed E-state index contributed by atoms with van der Waals surface area (Å²) in [5, 5.41) is 4.65. The third-order valence-electron chi connectivity index (χ3n) is 10.5. The highest BCUT2D eigenvalue weighted by molar-refractivity contribution is 6.13. The Bertz CT molecular complexity index is 3150. The van der Waals surface area contributed by atoms with Crippen molar-refractivity contribution < 1.29 is 4.42 Å². The molecule has 0 saturated carbocycles.